The van der Waals surface area contributed by atoms with Gasteiger partial charge in [0.05, 0.1) is 12.0 Å². The molecule has 0 fully saturated rings. The fourth-order valence-corrected chi connectivity index (χ4v) is 1.46. The molecule has 0 aliphatic rings. The second-order valence-corrected chi connectivity index (χ2v) is 3.96. The van der Waals surface area contributed by atoms with Gasteiger partial charge in [-0.05, 0) is 30.5 Å². The van der Waals surface area contributed by atoms with Gasteiger partial charge in [0.1, 0.15) is 6.61 Å². The number of amides is 1. The van der Waals surface area contributed by atoms with Gasteiger partial charge in [-0.3, -0.25) is 4.79 Å². The summed E-state index contributed by atoms with van der Waals surface area (Å²) in [5, 5.41) is 0. The maximum atomic E-state index is 11.4. The lowest BCUT2D eigenvalue weighted by molar-refractivity contribution is -0.118. The van der Waals surface area contributed by atoms with Crippen LogP contribution in [0, 0.1) is 0 Å². The highest BCUT2D eigenvalue weighted by Crippen LogP contribution is 2.15. The second kappa shape index (κ2) is 6.17. The minimum atomic E-state index is -0.481. The molecule has 0 aliphatic carbocycles. The standard InChI is InChI=1S/C11H13NO3S/c1-16-9-4-2-8(3-5-9)11(14)15-7-6-10(12)13/h2-5H,6-7H2,1H3,(H2,12,13). The largest absolute Gasteiger partial charge is 0.462 e. The summed E-state index contributed by atoms with van der Waals surface area (Å²) in [6.07, 6.45) is 2.01. The van der Waals surface area contributed by atoms with Gasteiger partial charge in [-0.1, -0.05) is 0 Å². The number of hydrogen-bond donors (Lipinski definition) is 1. The Labute approximate surface area is 98.2 Å². The number of esters is 1. The molecular weight excluding hydrogens is 226 g/mol. The summed E-state index contributed by atoms with van der Waals surface area (Å²) < 4.78 is 4.87. The highest BCUT2D eigenvalue weighted by Gasteiger charge is 2.07. The van der Waals surface area contributed by atoms with Crippen molar-refractivity contribution in [3.63, 3.8) is 0 Å². The third kappa shape index (κ3) is 3.94. The highest BCUT2D eigenvalue weighted by atomic mass is 32.2. The average molecular weight is 239 g/mol. The summed E-state index contributed by atoms with van der Waals surface area (Å²) in [5.74, 6) is -0.917. The molecule has 1 aromatic carbocycles. The fraction of sp³-hybridized carbons (Fsp3) is 0.273. The van der Waals surface area contributed by atoms with Crippen LogP contribution in [0.15, 0.2) is 29.2 Å². The van der Waals surface area contributed by atoms with Crippen LogP contribution in [-0.2, 0) is 9.53 Å². The Morgan fingerprint density at radius 3 is 2.44 bits per heavy atom. The van der Waals surface area contributed by atoms with Crippen molar-refractivity contribution >= 4 is 23.6 Å². The van der Waals surface area contributed by atoms with Crippen LogP contribution >= 0.6 is 11.8 Å². The molecule has 16 heavy (non-hydrogen) atoms. The van der Waals surface area contributed by atoms with E-state index in [-0.39, 0.29) is 13.0 Å². The van der Waals surface area contributed by atoms with Crippen LogP contribution in [-0.4, -0.2) is 24.7 Å². The normalized spacial score (nSPS) is 9.81. The third-order valence-electron chi connectivity index (χ3n) is 1.91. The molecule has 4 nitrogen and oxygen atoms in total. The molecule has 0 aliphatic heterocycles. The van der Waals surface area contributed by atoms with E-state index in [9.17, 15) is 9.59 Å². The van der Waals surface area contributed by atoms with E-state index >= 15 is 0 Å². The lowest BCUT2D eigenvalue weighted by Crippen LogP contribution is -2.15. The van der Waals surface area contributed by atoms with Crippen molar-refractivity contribution in [1.82, 2.24) is 0 Å². The van der Waals surface area contributed by atoms with E-state index in [2.05, 4.69) is 0 Å². The zero-order valence-corrected chi connectivity index (χ0v) is 9.75. The van der Waals surface area contributed by atoms with Gasteiger partial charge in [0.2, 0.25) is 5.91 Å². The van der Waals surface area contributed by atoms with Crippen LogP contribution in [0.5, 0.6) is 0 Å². The molecule has 0 bridgehead atoms. The average Bonchev–Trinajstić information content (AvgIpc) is 2.28. The lowest BCUT2D eigenvalue weighted by atomic mass is 10.2. The number of benzene rings is 1. The zero-order chi connectivity index (χ0) is 12.0. The van der Waals surface area contributed by atoms with Crippen molar-refractivity contribution in [2.45, 2.75) is 11.3 Å². The third-order valence-corrected chi connectivity index (χ3v) is 2.65. The van der Waals surface area contributed by atoms with Crippen LogP contribution in [0.25, 0.3) is 0 Å². The molecule has 0 saturated heterocycles. The first-order valence-electron chi connectivity index (χ1n) is 4.73. The van der Waals surface area contributed by atoms with E-state index < -0.39 is 11.9 Å². The second-order valence-electron chi connectivity index (χ2n) is 3.08. The van der Waals surface area contributed by atoms with Gasteiger partial charge in [-0.15, -0.1) is 11.8 Å². The lowest BCUT2D eigenvalue weighted by Gasteiger charge is -2.03. The number of thioether (sulfide) groups is 1. The summed E-state index contributed by atoms with van der Waals surface area (Å²) in [6.45, 7) is 0.0262. The summed E-state index contributed by atoms with van der Waals surface area (Å²) in [7, 11) is 0. The molecular formula is C11H13NO3S. The number of primary amides is 1. The van der Waals surface area contributed by atoms with Gasteiger partial charge < -0.3 is 10.5 Å². The van der Waals surface area contributed by atoms with Crippen LogP contribution in [0.4, 0.5) is 0 Å². The maximum absolute atomic E-state index is 11.4. The Morgan fingerprint density at radius 1 is 1.31 bits per heavy atom. The van der Waals surface area contributed by atoms with Gasteiger partial charge in [0.15, 0.2) is 0 Å². The molecule has 2 N–H and O–H groups in total. The van der Waals surface area contributed by atoms with Crippen molar-refractivity contribution < 1.29 is 14.3 Å². The first-order valence-corrected chi connectivity index (χ1v) is 5.95. The van der Waals surface area contributed by atoms with Gasteiger partial charge in [-0.2, -0.15) is 0 Å². The zero-order valence-electron chi connectivity index (χ0n) is 8.93. The molecule has 1 amide bonds. The molecule has 0 heterocycles. The van der Waals surface area contributed by atoms with Gasteiger partial charge >= 0.3 is 5.97 Å². The van der Waals surface area contributed by atoms with Crippen molar-refractivity contribution in [2.24, 2.45) is 5.73 Å². The Morgan fingerprint density at radius 2 is 1.94 bits per heavy atom. The van der Waals surface area contributed by atoms with Gasteiger partial charge in [-0.25, -0.2) is 4.79 Å². The number of rotatable bonds is 5. The van der Waals surface area contributed by atoms with Crippen molar-refractivity contribution in [1.29, 1.82) is 0 Å². The van der Waals surface area contributed by atoms with Crippen molar-refractivity contribution in [3.05, 3.63) is 29.8 Å². The van der Waals surface area contributed by atoms with Crippen LogP contribution in [0.2, 0.25) is 0 Å². The fourth-order valence-electron chi connectivity index (χ4n) is 1.05. The first-order chi connectivity index (χ1) is 7.63. The summed E-state index contributed by atoms with van der Waals surface area (Å²) in [6, 6.07) is 7.07. The molecule has 0 atom stereocenters. The number of carbonyl (C=O) groups excluding carboxylic acids is 2. The Hall–Kier alpha value is -1.49. The summed E-state index contributed by atoms with van der Waals surface area (Å²) in [4.78, 5) is 23.0. The van der Waals surface area contributed by atoms with Crippen molar-refractivity contribution in [3.8, 4) is 0 Å². The Bertz CT molecular complexity index is 375. The minimum absolute atomic E-state index is 0.0262. The number of nitrogens with two attached hydrogens (primary N) is 1. The molecule has 86 valence electrons. The quantitative estimate of drug-likeness (QED) is 0.623. The predicted octanol–water partition coefficient (Wildman–Crippen LogP) is 1.44. The van der Waals surface area contributed by atoms with E-state index in [1.165, 1.54) is 0 Å². The first kappa shape index (κ1) is 12.6. The molecule has 5 heteroatoms. The highest BCUT2D eigenvalue weighted by molar-refractivity contribution is 7.98. The topological polar surface area (TPSA) is 69.4 Å². The molecule has 0 saturated carbocycles. The monoisotopic (exact) mass is 239 g/mol. The molecule has 0 spiro atoms. The van der Waals surface area contributed by atoms with Crippen LogP contribution < -0.4 is 5.73 Å². The number of hydrogen-bond acceptors (Lipinski definition) is 4. The minimum Gasteiger partial charge on any atom is -0.462 e. The smallest absolute Gasteiger partial charge is 0.338 e. The molecule has 1 aromatic rings. The van der Waals surface area contributed by atoms with E-state index in [4.69, 9.17) is 10.5 Å². The summed E-state index contributed by atoms with van der Waals surface area (Å²) >= 11 is 1.60. The molecule has 0 unspecified atom stereocenters. The predicted molar refractivity (Wildman–Crippen MR) is 62.3 cm³/mol. The van der Waals surface area contributed by atoms with Gasteiger partial charge in [0, 0.05) is 4.90 Å². The van der Waals surface area contributed by atoms with E-state index in [0.29, 0.717) is 5.56 Å². The van der Waals surface area contributed by atoms with E-state index in [1.807, 2.05) is 18.4 Å². The SMILES string of the molecule is CSc1ccc(C(=O)OCCC(N)=O)cc1. The van der Waals surface area contributed by atoms with Crippen LogP contribution in [0.1, 0.15) is 16.8 Å². The van der Waals surface area contributed by atoms with Crippen LogP contribution in [0.3, 0.4) is 0 Å². The van der Waals surface area contributed by atoms with E-state index in [0.717, 1.165) is 4.90 Å². The van der Waals surface area contributed by atoms with Gasteiger partial charge in [0.25, 0.3) is 0 Å². The van der Waals surface area contributed by atoms with Crippen molar-refractivity contribution in [2.75, 3.05) is 12.9 Å². The number of carbonyl (C=O) groups is 2. The molecule has 1 rings (SSSR count). The summed E-state index contributed by atoms with van der Waals surface area (Å²) in [5.41, 5.74) is 5.40. The Balaban J connectivity index is 2.49. The molecule has 0 radical (unpaired) electrons. The molecule has 0 aromatic heterocycles. The van der Waals surface area contributed by atoms with E-state index in [1.54, 1.807) is 23.9 Å². The maximum Gasteiger partial charge on any atom is 0.338 e. The Kier molecular flexibility index (Phi) is 4.85. The number of ether oxygens (including phenoxy) is 1.